The average Bonchev–Trinajstić information content (AvgIpc) is 3.58. The highest BCUT2D eigenvalue weighted by atomic mass is 32.2. The highest BCUT2D eigenvalue weighted by molar-refractivity contribution is 7.89. The smallest absolute Gasteiger partial charge is 0.267 e. The molecule has 0 saturated carbocycles. The van der Waals surface area contributed by atoms with Crippen LogP contribution in [0, 0.1) is 0 Å². The Balaban J connectivity index is 1.38. The number of aliphatic hydroxyl groups is 1. The summed E-state index contributed by atoms with van der Waals surface area (Å²) in [5.41, 5.74) is 0.742. The van der Waals surface area contributed by atoms with Crippen LogP contribution in [0.3, 0.4) is 0 Å². The van der Waals surface area contributed by atoms with Crippen molar-refractivity contribution < 1.29 is 32.2 Å². The van der Waals surface area contributed by atoms with Crippen LogP contribution in [0.1, 0.15) is 28.4 Å². The molecule has 9 nitrogen and oxygen atoms in total. The maximum absolute atomic E-state index is 12.8. The molecule has 192 valence electrons. The molecule has 1 fully saturated rings. The maximum Gasteiger partial charge on any atom is 0.267 e. The van der Waals surface area contributed by atoms with E-state index in [0.717, 1.165) is 11.1 Å². The van der Waals surface area contributed by atoms with Crippen LogP contribution in [0.4, 0.5) is 0 Å². The van der Waals surface area contributed by atoms with Gasteiger partial charge >= 0.3 is 0 Å². The van der Waals surface area contributed by atoms with Gasteiger partial charge in [0.25, 0.3) is 11.7 Å². The van der Waals surface area contributed by atoms with E-state index in [9.17, 15) is 18.3 Å². The zero-order valence-corrected chi connectivity index (χ0v) is 21.3. The predicted octanol–water partition coefficient (Wildman–Crippen LogP) is 3.98. The molecule has 2 aromatic carbocycles. The predicted molar refractivity (Wildman–Crippen MR) is 137 cm³/mol. The number of primary sulfonamides is 1. The zero-order chi connectivity index (χ0) is 26.0. The first-order valence-electron chi connectivity index (χ1n) is 11.5. The molecule has 0 aliphatic carbocycles. The van der Waals surface area contributed by atoms with Gasteiger partial charge in [0.1, 0.15) is 11.4 Å². The van der Waals surface area contributed by atoms with Gasteiger partial charge in [-0.05, 0) is 34.7 Å². The van der Waals surface area contributed by atoms with E-state index < -0.39 is 21.4 Å². The van der Waals surface area contributed by atoms with Crippen molar-refractivity contribution in [1.29, 1.82) is 0 Å². The third-order valence-electron chi connectivity index (χ3n) is 6.13. The van der Waals surface area contributed by atoms with E-state index >= 15 is 0 Å². The third-order valence-corrected chi connectivity index (χ3v) is 8.19. The summed E-state index contributed by atoms with van der Waals surface area (Å²) in [5.74, 6) is -0.278. The first-order valence-corrected chi connectivity index (χ1v) is 13.9. The molecule has 1 saturated heterocycles. The number of carbonyl (C=O) groups excluding carboxylic acids is 1. The topological polar surface area (TPSA) is 142 Å². The van der Waals surface area contributed by atoms with Gasteiger partial charge in [-0.2, -0.15) is 0 Å². The lowest BCUT2D eigenvalue weighted by molar-refractivity contribution is -0.0667. The van der Waals surface area contributed by atoms with Crippen molar-refractivity contribution >= 4 is 27.1 Å². The van der Waals surface area contributed by atoms with E-state index in [-0.39, 0.29) is 28.7 Å². The number of ether oxygens (including phenoxy) is 2. The molecule has 1 aliphatic rings. The van der Waals surface area contributed by atoms with E-state index in [4.69, 9.17) is 19.0 Å². The second-order valence-corrected chi connectivity index (χ2v) is 11.1. The number of nitrogens with two attached hydrogens (primary N) is 1. The summed E-state index contributed by atoms with van der Waals surface area (Å²) in [5, 5.41) is 18.2. The van der Waals surface area contributed by atoms with E-state index in [2.05, 4.69) is 4.98 Å². The van der Waals surface area contributed by atoms with E-state index in [1.807, 2.05) is 30.3 Å². The first kappa shape index (κ1) is 25.3. The van der Waals surface area contributed by atoms with E-state index in [1.165, 1.54) is 23.6 Å². The molecule has 0 amide bonds. The fraction of sp³-hybridized carbons (Fsp3) is 0.231. The molecule has 3 heterocycles. The van der Waals surface area contributed by atoms with Gasteiger partial charge in [0.2, 0.25) is 10.0 Å². The lowest BCUT2D eigenvalue weighted by Gasteiger charge is -2.31. The summed E-state index contributed by atoms with van der Waals surface area (Å²) in [6.45, 7) is 0.512. The van der Waals surface area contributed by atoms with Crippen molar-refractivity contribution in [3.05, 3.63) is 76.9 Å². The molecule has 3 N–H and O–H groups in total. The number of Topliss-reactive ketones (excluding diaryl/α,β-unsaturated/α-hetero) is 1. The second-order valence-electron chi connectivity index (χ2n) is 8.62. The van der Waals surface area contributed by atoms with Crippen LogP contribution >= 0.6 is 11.3 Å². The number of sulfonamides is 1. The van der Waals surface area contributed by atoms with Gasteiger partial charge in [-0.25, -0.2) is 18.5 Å². The van der Waals surface area contributed by atoms with Gasteiger partial charge in [0.05, 0.1) is 16.0 Å². The standard InChI is InChI=1S/C26H24N2O7S2/c27-37(31,32)23-7-6-18(17-4-2-1-3-5-17)14-19(23)22-15-28-25(35-22)20(29)16-34-21-8-13-36-24(21)26(30)9-11-33-12-10-26/h1-8,13-15,30H,9-12,16H2,(H2,27,31,32). The Bertz CT molecular complexity index is 1520. The van der Waals surface area contributed by atoms with Crippen LogP contribution < -0.4 is 9.88 Å². The molecule has 2 aromatic heterocycles. The number of hydrogen-bond donors (Lipinski definition) is 2. The summed E-state index contributed by atoms with van der Waals surface area (Å²) in [4.78, 5) is 17.4. The summed E-state index contributed by atoms with van der Waals surface area (Å²) in [6, 6.07) is 15.8. The van der Waals surface area contributed by atoms with Crippen molar-refractivity contribution in [2.45, 2.75) is 23.3 Å². The summed E-state index contributed by atoms with van der Waals surface area (Å²) in [6.07, 6.45) is 2.16. The number of benzene rings is 2. The molecule has 0 bridgehead atoms. The number of oxazole rings is 1. The quantitative estimate of drug-likeness (QED) is 0.320. The number of nitrogens with zero attached hydrogens (tertiary/aromatic N) is 1. The van der Waals surface area contributed by atoms with Crippen LogP contribution in [-0.4, -0.2) is 44.1 Å². The fourth-order valence-corrected chi connectivity index (χ4v) is 5.92. The highest BCUT2D eigenvalue weighted by Crippen LogP contribution is 2.41. The Morgan fingerprint density at radius 3 is 2.59 bits per heavy atom. The molecule has 11 heteroatoms. The highest BCUT2D eigenvalue weighted by Gasteiger charge is 2.36. The number of rotatable bonds is 8. The Hall–Kier alpha value is -3.35. The average molecular weight is 541 g/mol. The van der Waals surface area contributed by atoms with Crippen molar-refractivity contribution in [3.63, 3.8) is 0 Å². The third kappa shape index (κ3) is 5.36. The number of aromatic nitrogens is 1. The van der Waals surface area contributed by atoms with E-state index in [1.54, 1.807) is 23.6 Å². The fourth-order valence-electron chi connectivity index (χ4n) is 4.20. The van der Waals surface area contributed by atoms with Gasteiger partial charge in [-0.3, -0.25) is 4.79 Å². The van der Waals surface area contributed by atoms with Crippen LogP contribution in [-0.2, 0) is 20.4 Å². The van der Waals surface area contributed by atoms with Gasteiger partial charge < -0.3 is 19.0 Å². The molecule has 0 atom stereocenters. The molecule has 0 radical (unpaired) electrons. The van der Waals surface area contributed by atoms with Crippen LogP contribution in [0.5, 0.6) is 5.75 Å². The molecular weight excluding hydrogens is 516 g/mol. The van der Waals surface area contributed by atoms with Gasteiger partial charge in [-0.1, -0.05) is 36.4 Å². The molecule has 0 spiro atoms. The van der Waals surface area contributed by atoms with Crippen molar-refractivity contribution in [3.8, 4) is 28.2 Å². The van der Waals surface area contributed by atoms with Gasteiger partial charge in [0.15, 0.2) is 12.4 Å². The number of carbonyl (C=O) groups is 1. The Morgan fingerprint density at radius 1 is 1.11 bits per heavy atom. The number of ketones is 1. The largest absolute Gasteiger partial charge is 0.484 e. The molecule has 37 heavy (non-hydrogen) atoms. The lowest BCUT2D eigenvalue weighted by atomic mass is 9.92. The Labute approximate surface area is 217 Å². The van der Waals surface area contributed by atoms with Crippen molar-refractivity contribution in [2.24, 2.45) is 5.14 Å². The maximum atomic E-state index is 12.8. The van der Waals surface area contributed by atoms with Gasteiger partial charge in [0, 0.05) is 31.6 Å². The minimum atomic E-state index is -4.08. The monoisotopic (exact) mass is 540 g/mol. The minimum Gasteiger partial charge on any atom is -0.484 e. The molecule has 4 aromatic rings. The zero-order valence-electron chi connectivity index (χ0n) is 19.6. The summed E-state index contributed by atoms with van der Waals surface area (Å²) in [7, 11) is -4.08. The second kappa shape index (κ2) is 10.2. The van der Waals surface area contributed by atoms with Crippen LogP contribution in [0.15, 0.2) is 75.5 Å². The lowest BCUT2D eigenvalue weighted by Crippen LogP contribution is -2.33. The Kier molecular flexibility index (Phi) is 6.97. The number of thiophene rings is 1. The summed E-state index contributed by atoms with van der Waals surface area (Å²) < 4.78 is 41.2. The van der Waals surface area contributed by atoms with Gasteiger partial charge in [-0.15, -0.1) is 11.3 Å². The molecule has 0 unspecified atom stereocenters. The van der Waals surface area contributed by atoms with Crippen molar-refractivity contribution in [2.75, 3.05) is 19.8 Å². The molecular formula is C26H24N2O7S2. The molecule has 5 rings (SSSR count). The van der Waals surface area contributed by atoms with Crippen LogP contribution in [0.2, 0.25) is 0 Å². The minimum absolute atomic E-state index is 0.0814. The first-order chi connectivity index (χ1) is 17.7. The SMILES string of the molecule is NS(=O)(=O)c1ccc(-c2ccccc2)cc1-c1cnc(C(=O)COc2ccsc2C2(O)CCOCC2)o1. The molecule has 1 aliphatic heterocycles. The van der Waals surface area contributed by atoms with Crippen molar-refractivity contribution in [1.82, 2.24) is 4.98 Å². The number of hydrogen-bond acceptors (Lipinski definition) is 9. The van der Waals surface area contributed by atoms with E-state index in [0.29, 0.717) is 36.7 Å². The van der Waals surface area contributed by atoms with Crippen LogP contribution in [0.25, 0.3) is 22.5 Å². The summed E-state index contributed by atoms with van der Waals surface area (Å²) >= 11 is 1.36. The Morgan fingerprint density at radius 2 is 1.86 bits per heavy atom. The normalized spacial score (nSPS) is 15.4.